The Labute approximate surface area is 154 Å². The Hall–Kier alpha value is -2.11. The molecule has 1 aromatic rings. The summed E-state index contributed by atoms with van der Waals surface area (Å²) in [5.74, 6) is 0.285. The monoisotopic (exact) mass is 361 g/mol. The molecular formula is C20H28FN3O2. The summed E-state index contributed by atoms with van der Waals surface area (Å²) in [4.78, 5) is 28.0. The number of piperidine rings is 2. The zero-order valence-corrected chi connectivity index (χ0v) is 15.3. The molecule has 2 aliphatic heterocycles. The molecule has 5 nitrogen and oxygen atoms in total. The quantitative estimate of drug-likeness (QED) is 0.897. The van der Waals surface area contributed by atoms with Crippen molar-refractivity contribution in [2.45, 2.75) is 38.5 Å². The van der Waals surface area contributed by atoms with Crippen LogP contribution in [0.1, 0.15) is 37.7 Å². The van der Waals surface area contributed by atoms with Gasteiger partial charge in [0.2, 0.25) is 5.91 Å². The first kappa shape index (κ1) is 18.7. The van der Waals surface area contributed by atoms with Crippen LogP contribution in [0.3, 0.4) is 0 Å². The van der Waals surface area contributed by atoms with E-state index in [1.807, 2.05) is 11.0 Å². The second kappa shape index (κ2) is 9.01. The van der Waals surface area contributed by atoms with Crippen LogP contribution in [0.25, 0.3) is 0 Å². The molecule has 26 heavy (non-hydrogen) atoms. The van der Waals surface area contributed by atoms with Crippen LogP contribution >= 0.6 is 0 Å². The third kappa shape index (κ3) is 5.19. The van der Waals surface area contributed by atoms with E-state index in [1.54, 1.807) is 17.0 Å². The molecule has 0 aromatic heterocycles. The molecule has 6 heteroatoms. The lowest BCUT2D eigenvalue weighted by atomic mass is 9.90. The number of hydrogen-bond acceptors (Lipinski definition) is 2. The number of amides is 3. The van der Waals surface area contributed by atoms with E-state index < -0.39 is 0 Å². The third-order valence-electron chi connectivity index (χ3n) is 5.41. The lowest BCUT2D eigenvalue weighted by Crippen LogP contribution is -2.48. The van der Waals surface area contributed by atoms with Crippen LogP contribution in [0, 0.1) is 11.7 Å². The van der Waals surface area contributed by atoms with Gasteiger partial charge in [-0.3, -0.25) is 4.79 Å². The smallest absolute Gasteiger partial charge is 0.317 e. The number of likely N-dealkylation sites (tertiary alicyclic amines) is 2. The average Bonchev–Trinajstić information content (AvgIpc) is 2.67. The van der Waals surface area contributed by atoms with Gasteiger partial charge in [0.05, 0.1) is 6.54 Å². The van der Waals surface area contributed by atoms with E-state index in [1.165, 1.54) is 12.5 Å². The second-order valence-electron chi connectivity index (χ2n) is 7.36. The van der Waals surface area contributed by atoms with E-state index in [2.05, 4.69) is 5.32 Å². The Balaban J connectivity index is 1.38. The summed E-state index contributed by atoms with van der Waals surface area (Å²) < 4.78 is 13.3. The zero-order chi connectivity index (χ0) is 18.4. The van der Waals surface area contributed by atoms with E-state index in [0.717, 1.165) is 50.8 Å². The number of nitrogens with zero attached hydrogens (tertiary/aromatic N) is 2. The maximum Gasteiger partial charge on any atom is 0.317 e. The summed E-state index contributed by atoms with van der Waals surface area (Å²) in [6.45, 7) is 3.07. The zero-order valence-electron chi connectivity index (χ0n) is 15.3. The molecule has 3 amide bonds. The molecule has 0 saturated carbocycles. The van der Waals surface area contributed by atoms with Crippen molar-refractivity contribution < 1.29 is 14.0 Å². The largest absolute Gasteiger partial charge is 0.341 e. The van der Waals surface area contributed by atoms with Crippen LogP contribution in [0.5, 0.6) is 0 Å². The molecule has 2 aliphatic rings. The number of benzene rings is 1. The van der Waals surface area contributed by atoms with E-state index in [0.29, 0.717) is 19.0 Å². The first-order valence-electron chi connectivity index (χ1n) is 9.67. The summed E-state index contributed by atoms with van der Waals surface area (Å²) in [5, 5.41) is 2.77. The number of halogens is 1. The molecule has 0 atom stereocenters. The summed E-state index contributed by atoms with van der Waals surface area (Å²) >= 11 is 0. The van der Waals surface area contributed by atoms with Crippen LogP contribution in [0.4, 0.5) is 9.18 Å². The van der Waals surface area contributed by atoms with Gasteiger partial charge in [0, 0.05) is 26.2 Å². The van der Waals surface area contributed by atoms with Crippen LogP contribution in [0.2, 0.25) is 0 Å². The summed E-state index contributed by atoms with van der Waals surface area (Å²) in [6.07, 6.45) is 5.95. The molecule has 0 radical (unpaired) electrons. The SMILES string of the molecule is O=C(CNC(=O)N1CCC(Cc2cccc(F)c2)CC1)N1CCCCC1. The topological polar surface area (TPSA) is 52.7 Å². The molecule has 142 valence electrons. The fourth-order valence-electron chi connectivity index (χ4n) is 3.86. The van der Waals surface area contributed by atoms with Crippen LogP contribution in [-0.4, -0.2) is 54.5 Å². The maximum absolute atomic E-state index is 13.3. The van der Waals surface area contributed by atoms with Crippen molar-refractivity contribution in [3.63, 3.8) is 0 Å². The minimum atomic E-state index is -0.197. The average molecular weight is 361 g/mol. The standard InChI is InChI=1S/C20H28FN3O2/c21-18-6-4-5-17(14-18)13-16-7-11-24(12-8-16)20(26)22-15-19(25)23-9-2-1-3-10-23/h4-6,14,16H,1-3,7-13,15H2,(H,22,26). The molecule has 0 aliphatic carbocycles. The van der Waals surface area contributed by atoms with Crippen LogP contribution in [0.15, 0.2) is 24.3 Å². The van der Waals surface area contributed by atoms with Crippen molar-refractivity contribution in [3.8, 4) is 0 Å². The van der Waals surface area contributed by atoms with Gasteiger partial charge in [-0.2, -0.15) is 0 Å². The second-order valence-corrected chi connectivity index (χ2v) is 7.36. The van der Waals surface area contributed by atoms with E-state index in [4.69, 9.17) is 0 Å². The van der Waals surface area contributed by atoms with Gasteiger partial charge in [-0.25, -0.2) is 9.18 Å². The summed E-state index contributed by atoms with van der Waals surface area (Å²) in [5.41, 5.74) is 1.01. The summed E-state index contributed by atoms with van der Waals surface area (Å²) in [7, 11) is 0. The molecule has 3 rings (SSSR count). The third-order valence-corrected chi connectivity index (χ3v) is 5.41. The molecule has 0 bridgehead atoms. The van der Waals surface area contributed by atoms with Gasteiger partial charge < -0.3 is 15.1 Å². The number of hydrogen-bond donors (Lipinski definition) is 1. The van der Waals surface area contributed by atoms with E-state index >= 15 is 0 Å². The number of carbonyl (C=O) groups excluding carboxylic acids is 2. The highest BCUT2D eigenvalue weighted by molar-refractivity contribution is 5.84. The van der Waals surface area contributed by atoms with Crippen molar-refractivity contribution in [3.05, 3.63) is 35.6 Å². The van der Waals surface area contributed by atoms with E-state index in [9.17, 15) is 14.0 Å². The van der Waals surface area contributed by atoms with Crippen molar-refractivity contribution in [1.82, 2.24) is 15.1 Å². The first-order chi connectivity index (χ1) is 12.6. The number of urea groups is 1. The highest BCUT2D eigenvalue weighted by Gasteiger charge is 2.24. The van der Waals surface area contributed by atoms with E-state index in [-0.39, 0.29) is 24.3 Å². The van der Waals surface area contributed by atoms with Gasteiger partial charge in [-0.05, 0) is 62.1 Å². The van der Waals surface area contributed by atoms with Gasteiger partial charge in [-0.15, -0.1) is 0 Å². The minimum absolute atomic E-state index is 0.0130. The predicted molar refractivity (Wildman–Crippen MR) is 98.2 cm³/mol. The van der Waals surface area contributed by atoms with Gasteiger partial charge in [0.1, 0.15) is 5.82 Å². The maximum atomic E-state index is 13.3. The molecule has 2 heterocycles. The fourth-order valence-corrected chi connectivity index (χ4v) is 3.86. The Morgan fingerprint density at radius 3 is 2.46 bits per heavy atom. The lowest BCUT2D eigenvalue weighted by Gasteiger charge is -2.32. The van der Waals surface area contributed by atoms with Crippen LogP contribution in [-0.2, 0) is 11.2 Å². The number of rotatable bonds is 4. The lowest BCUT2D eigenvalue weighted by molar-refractivity contribution is -0.130. The molecule has 0 unspecified atom stereocenters. The molecule has 1 N–H and O–H groups in total. The van der Waals surface area contributed by atoms with Gasteiger partial charge in [-0.1, -0.05) is 12.1 Å². The van der Waals surface area contributed by atoms with Gasteiger partial charge in [0.15, 0.2) is 0 Å². The van der Waals surface area contributed by atoms with Gasteiger partial charge in [0.25, 0.3) is 0 Å². The molecule has 2 fully saturated rings. The van der Waals surface area contributed by atoms with Crippen molar-refractivity contribution in [2.75, 3.05) is 32.7 Å². The van der Waals surface area contributed by atoms with Crippen LogP contribution < -0.4 is 5.32 Å². The Morgan fingerprint density at radius 2 is 1.77 bits per heavy atom. The summed E-state index contributed by atoms with van der Waals surface area (Å²) in [6, 6.07) is 6.59. The fraction of sp³-hybridized carbons (Fsp3) is 0.600. The number of nitrogens with one attached hydrogen (secondary N) is 1. The highest BCUT2D eigenvalue weighted by atomic mass is 19.1. The first-order valence-corrected chi connectivity index (χ1v) is 9.67. The number of carbonyl (C=O) groups is 2. The highest BCUT2D eigenvalue weighted by Crippen LogP contribution is 2.22. The Bertz CT molecular complexity index is 623. The molecule has 2 saturated heterocycles. The molecular weight excluding hydrogens is 333 g/mol. The van der Waals surface area contributed by atoms with Crippen molar-refractivity contribution >= 4 is 11.9 Å². The Kier molecular flexibility index (Phi) is 6.47. The normalized spacial score (nSPS) is 18.7. The molecule has 0 spiro atoms. The van der Waals surface area contributed by atoms with Gasteiger partial charge >= 0.3 is 6.03 Å². The minimum Gasteiger partial charge on any atom is -0.341 e. The molecule has 1 aromatic carbocycles. The van der Waals surface area contributed by atoms with Crippen molar-refractivity contribution in [2.24, 2.45) is 5.92 Å². The Morgan fingerprint density at radius 1 is 1.04 bits per heavy atom. The predicted octanol–water partition coefficient (Wildman–Crippen LogP) is 2.80. The van der Waals surface area contributed by atoms with Crippen molar-refractivity contribution in [1.29, 1.82) is 0 Å².